The average molecular weight is 496 g/mol. The highest BCUT2D eigenvalue weighted by molar-refractivity contribution is 6.04. The molecule has 188 valence electrons. The molecule has 8 heteroatoms. The van der Waals surface area contributed by atoms with Gasteiger partial charge in [0.05, 0.1) is 18.7 Å². The van der Waals surface area contributed by atoms with E-state index in [9.17, 15) is 9.59 Å². The molecular formula is C29H29N5O3. The molecule has 0 spiro atoms. The summed E-state index contributed by atoms with van der Waals surface area (Å²) in [6.45, 7) is 4.60. The number of carbonyl (C=O) groups is 2. The molecule has 0 saturated carbocycles. The number of hydrogen-bond donors (Lipinski definition) is 3. The zero-order chi connectivity index (χ0) is 26.1. The van der Waals surface area contributed by atoms with Crippen molar-refractivity contribution >= 4 is 23.3 Å². The number of hydrogen-bond acceptors (Lipinski definition) is 5. The molecule has 1 aliphatic heterocycles. The van der Waals surface area contributed by atoms with Gasteiger partial charge in [0.2, 0.25) is 0 Å². The van der Waals surface area contributed by atoms with Crippen LogP contribution in [0.1, 0.15) is 50.4 Å². The monoisotopic (exact) mass is 495 g/mol. The summed E-state index contributed by atoms with van der Waals surface area (Å²) < 4.78 is 7.12. The maximum Gasteiger partial charge on any atom is 0.255 e. The summed E-state index contributed by atoms with van der Waals surface area (Å²) in [4.78, 5) is 25.4. The lowest BCUT2D eigenvalue weighted by molar-refractivity contribution is 0.0935. The Labute approximate surface area is 215 Å². The van der Waals surface area contributed by atoms with Gasteiger partial charge in [0.25, 0.3) is 11.8 Å². The summed E-state index contributed by atoms with van der Waals surface area (Å²) in [6.07, 6.45) is 0.790. The second-order valence-electron chi connectivity index (χ2n) is 9.21. The van der Waals surface area contributed by atoms with Crippen LogP contribution >= 0.6 is 0 Å². The maximum atomic E-state index is 12.8. The van der Waals surface area contributed by atoms with Crippen LogP contribution in [0.2, 0.25) is 0 Å². The Kier molecular flexibility index (Phi) is 6.40. The van der Waals surface area contributed by atoms with E-state index in [1.54, 1.807) is 25.3 Å². The number of anilines is 2. The molecule has 8 nitrogen and oxygen atoms in total. The van der Waals surface area contributed by atoms with E-state index in [-0.39, 0.29) is 11.9 Å². The van der Waals surface area contributed by atoms with Crippen LogP contribution in [0.3, 0.4) is 0 Å². The molecule has 0 saturated heterocycles. The minimum absolute atomic E-state index is 0.218. The molecule has 3 aromatic carbocycles. The number of para-hydroxylation sites is 1. The molecule has 1 atom stereocenters. The third-order valence-electron chi connectivity index (χ3n) is 6.69. The second-order valence-corrected chi connectivity index (χ2v) is 9.21. The first kappa shape index (κ1) is 24.1. The van der Waals surface area contributed by atoms with Crippen molar-refractivity contribution in [3.63, 3.8) is 0 Å². The standard InChI is InChI=1S/C29H29N5O3/c1-17-8-13-23-21(16-17)14-15-34-28(32-23)25(27(30)35)26(33-34)20-11-9-19(10-12-20)18(2)31-29(36)22-6-4-5-7-24(22)37-3/h4-13,16,18,32H,14-15H2,1-3H3,(H2,30,35)(H,31,36). The predicted octanol–water partition coefficient (Wildman–Crippen LogP) is 4.76. The van der Waals surface area contributed by atoms with E-state index < -0.39 is 5.91 Å². The number of aryl methyl sites for hydroxylation is 3. The van der Waals surface area contributed by atoms with Gasteiger partial charge in [0, 0.05) is 17.8 Å². The second kappa shape index (κ2) is 9.81. The zero-order valence-electron chi connectivity index (χ0n) is 21.0. The number of methoxy groups -OCH3 is 1. The smallest absolute Gasteiger partial charge is 0.255 e. The van der Waals surface area contributed by atoms with Crippen molar-refractivity contribution in [3.8, 4) is 17.0 Å². The minimum atomic E-state index is -0.541. The highest BCUT2D eigenvalue weighted by Crippen LogP contribution is 2.35. The zero-order valence-corrected chi connectivity index (χ0v) is 21.0. The summed E-state index contributed by atoms with van der Waals surface area (Å²) in [5, 5.41) is 11.2. The van der Waals surface area contributed by atoms with Gasteiger partial charge in [-0.15, -0.1) is 0 Å². The lowest BCUT2D eigenvalue weighted by Gasteiger charge is -2.16. The van der Waals surface area contributed by atoms with Gasteiger partial charge in [0.1, 0.15) is 22.8 Å². The number of aromatic nitrogens is 2. The van der Waals surface area contributed by atoms with Crippen molar-refractivity contribution in [1.29, 1.82) is 0 Å². The number of nitrogens with two attached hydrogens (primary N) is 1. The normalized spacial score (nSPS) is 12.9. The molecule has 2 amide bonds. The Bertz CT molecular complexity index is 1490. The van der Waals surface area contributed by atoms with Crippen molar-refractivity contribution in [2.75, 3.05) is 12.4 Å². The SMILES string of the molecule is COc1ccccc1C(=O)NC(C)c1ccc(-c2nn3c(c2C(N)=O)Nc2ccc(C)cc2CC3)cc1. The summed E-state index contributed by atoms with van der Waals surface area (Å²) >= 11 is 0. The van der Waals surface area contributed by atoms with E-state index in [0.29, 0.717) is 34.9 Å². The van der Waals surface area contributed by atoms with Crippen LogP contribution in [0.5, 0.6) is 5.75 Å². The molecule has 4 aromatic rings. The molecule has 1 aromatic heterocycles. The quantitative estimate of drug-likeness (QED) is 0.357. The Morgan fingerprint density at radius 1 is 1.11 bits per heavy atom. The van der Waals surface area contributed by atoms with E-state index in [0.717, 1.165) is 23.2 Å². The van der Waals surface area contributed by atoms with Crippen LogP contribution in [0, 0.1) is 6.92 Å². The van der Waals surface area contributed by atoms with Gasteiger partial charge in [-0.05, 0) is 49.6 Å². The first-order chi connectivity index (χ1) is 17.9. The molecule has 1 unspecified atom stereocenters. The lowest BCUT2D eigenvalue weighted by Crippen LogP contribution is -2.27. The third-order valence-corrected chi connectivity index (χ3v) is 6.69. The van der Waals surface area contributed by atoms with Gasteiger partial charge in [-0.25, -0.2) is 4.68 Å². The molecule has 0 bridgehead atoms. The number of carbonyl (C=O) groups excluding carboxylic acids is 2. The van der Waals surface area contributed by atoms with E-state index in [1.165, 1.54) is 11.1 Å². The Morgan fingerprint density at radius 2 is 1.86 bits per heavy atom. The molecular weight excluding hydrogens is 466 g/mol. The molecule has 37 heavy (non-hydrogen) atoms. The van der Waals surface area contributed by atoms with Gasteiger partial charge >= 0.3 is 0 Å². The van der Waals surface area contributed by atoms with E-state index in [4.69, 9.17) is 15.6 Å². The Morgan fingerprint density at radius 3 is 2.59 bits per heavy atom. The first-order valence-corrected chi connectivity index (χ1v) is 12.2. The summed E-state index contributed by atoms with van der Waals surface area (Å²) in [5.41, 5.74) is 12.2. The maximum absolute atomic E-state index is 12.8. The van der Waals surface area contributed by atoms with Crippen LogP contribution < -0.4 is 21.1 Å². The number of rotatable bonds is 6. The molecule has 2 heterocycles. The largest absolute Gasteiger partial charge is 0.496 e. The van der Waals surface area contributed by atoms with Gasteiger partial charge in [0.15, 0.2) is 0 Å². The van der Waals surface area contributed by atoms with Gasteiger partial charge in [-0.1, -0.05) is 54.1 Å². The van der Waals surface area contributed by atoms with Crippen molar-refractivity contribution in [2.45, 2.75) is 32.9 Å². The van der Waals surface area contributed by atoms with E-state index in [2.05, 4.69) is 23.6 Å². The molecule has 5 rings (SSSR count). The minimum Gasteiger partial charge on any atom is -0.496 e. The number of amides is 2. The van der Waals surface area contributed by atoms with Gasteiger partial charge in [-0.3, -0.25) is 9.59 Å². The van der Waals surface area contributed by atoms with Crippen molar-refractivity contribution in [1.82, 2.24) is 15.1 Å². The van der Waals surface area contributed by atoms with Crippen molar-refractivity contribution in [3.05, 3.63) is 94.5 Å². The highest BCUT2D eigenvalue weighted by atomic mass is 16.5. The fourth-order valence-electron chi connectivity index (χ4n) is 4.71. The van der Waals surface area contributed by atoms with Crippen molar-refractivity contribution < 1.29 is 14.3 Å². The molecule has 4 N–H and O–H groups in total. The number of nitrogens with one attached hydrogen (secondary N) is 2. The number of ether oxygens (including phenoxy) is 1. The molecule has 1 aliphatic rings. The van der Waals surface area contributed by atoms with E-state index >= 15 is 0 Å². The van der Waals surface area contributed by atoms with Crippen LogP contribution in [0.4, 0.5) is 11.5 Å². The van der Waals surface area contributed by atoms with Gasteiger partial charge < -0.3 is 21.1 Å². The average Bonchev–Trinajstić information content (AvgIpc) is 3.17. The van der Waals surface area contributed by atoms with Crippen molar-refractivity contribution in [2.24, 2.45) is 5.73 Å². The van der Waals surface area contributed by atoms with Crippen LogP contribution in [-0.2, 0) is 13.0 Å². The lowest BCUT2D eigenvalue weighted by atomic mass is 10.0. The fraction of sp³-hybridized carbons (Fsp3) is 0.207. The summed E-state index contributed by atoms with van der Waals surface area (Å²) in [6, 6.07) is 20.7. The fourth-order valence-corrected chi connectivity index (χ4v) is 4.71. The first-order valence-electron chi connectivity index (χ1n) is 12.2. The third kappa shape index (κ3) is 4.65. The van der Waals surface area contributed by atoms with Crippen LogP contribution in [0.15, 0.2) is 66.7 Å². The molecule has 0 radical (unpaired) electrons. The topological polar surface area (TPSA) is 111 Å². The van der Waals surface area contributed by atoms with Gasteiger partial charge in [-0.2, -0.15) is 5.10 Å². The number of nitrogens with zero attached hydrogens (tertiary/aromatic N) is 2. The Balaban J connectivity index is 1.40. The number of fused-ring (bicyclic) bond motifs is 2. The van der Waals surface area contributed by atoms with E-state index in [1.807, 2.05) is 54.1 Å². The molecule has 0 fully saturated rings. The number of benzene rings is 3. The highest BCUT2D eigenvalue weighted by Gasteiger charge is 2.26. The number of primary amides is 1. The molecule has 0 aliphatic carbocycles. The Hall–Kier alpha value is -4.59. The predicted molar refractivity (Wildman–Crippen MR) is 143 cm³/mol. The van der Waals surface area contributed by atoms with Crippen LogP contribution in [-0.4, -0.2) is 28.7 Å². The van der Waals surface area contributed by atoms with Crippen LogP contribution in [0.25, 0.3) is 11.3 Å². The summed E-state index contributed by atoms with van der Waals surface area (Å²) in [5.74, 6) is 0.365. The summed E-state index contributed by atoms with van der Waals surface area (Å²) in [7, 11) is 1.54.